The first-order valence-corrected chi connectivity index (χ1v) is 38.9. The van der Waals surface area contributed by atoms with Crippen LogP contribution in [0, 0.1) is 0 Å². The molecule has 0 amide bonds. The van der Waals surface area contributed by atoms with Crippen LogP contribution in [-0.4, -0.2) is 64.8 Å². The Morgan fingerprint density at radius 1 is 0.260 bits per heavy atom. The first-order valence-electron chi connectivity index (χ1n) is 38.9. The van der Waals surface area contributed by atoms with E-state index in [1.807, 2.05) is 170 Å². The van der Waals surface area contributed by atoms with Crippen LogP contribution in [0.4, 0.5) is 0 Å². The zero-order chi connectivity index (χ0) is 73.0. The van der Waals surface area contributed by atoms with Crippen molar-refractivity contribution in [2.75, 3.05) is 52.9 Å². The van der Waals surface area contributed by atoms with Crippen molar-refractivity contribution >= 4 is 11.9 Å². The maximum absolute atomic E-state index is 15.4. The summed E-state index contributed by atoms with van der Waals surface area (Å²) in [5.74, 6) is 3.27. The minimum absolute atomic E-state index is 0.225. The van der Waals surface area contributed by atoms with Crippen molar-refractivity contribution in [3.63, 3.8) is 0 Å². The fourth-order valence-electron chi connectivity index (χ4n) is 12.4. The van der Waals surface area contributed by atoms with E-state index in [2.05, 4.69) is 40.9 Å². The number of ether oxygens (including phenoxy) is 10. The molecule has 104 heavy (non-hydrogen) atoms. The van der Waals surface area contributed by atoms with Gasteiger partial charge in [0.2, 0.25) is 0 Å². The Balaban J connectivity index is 1.15. The van der Waals surface area contributed by atoms with E-state index in [1.165, 1.54) is 51.0 Å². The monoisotopic (exact) mass is 1410 g/mol. The summed E-state index contributed by atoms with van der Waals surface area (Å²) < 4.78 is 61.9. The van der Waals surface area contributed by atoms with Gasteiger partial charge < -0.3 is 47.4 Å². The van der Waals surface area contributed by atoms with Crippen LogP contribution in [0.5, 0.6) is 46.0 Å². The summed E-state index contributed by atoms with van der Waals surface area (Å²) in [6, 6.07) is 55.0. The van der Waals surface area contributed by atoms with Gasteiger partial charge in [-0.2, -0.15) is 0 Å². The fraction of sp³-hybridized carbons (Fsp3) is 0.413. The first-order chi connectivity index (χ1) is 51.2. The lowest BCUT2D eigenvalue weighted by molar-refractivity contribution is 0.0719. The van der Waals surface area contributed by atoms with Crippen molar-refractivity contribution in [1.82, 2.24) is 0 Å². The molecule has 8 aromatic carbocycles. The quantitative estimate of drug-likeness (QED) is 0.0156. The zero-order valence-corrected chi connectivity index (χ0v) is 62.7. The third kappa shape index (κ3) is 27.3. The molecule has 0 N–H and O–H groups in total. The van der Waals surface area contributed by atoms with Crippen LogP contribution < -0.4 is 37.9 Å². The van der Waals surface area contributed by atoms with Crippen molar-refractivity contribution in [2.24, 2.45) is 0 Å². The van der Waals surface area contributed by atoms with Gasteiger partial charge in [-0.1, -0.05) is 229 Å². The molecule has 0 saturated heterocycles. The van der Waals surface area contributed by atoms with Gasteiger partial charge in [-0.25, -0.2) is 9.59 Å². The third-order valence-electron chi connectivity index (χ3n) is 18.4. The van der Waals surface area contributed by atoms with Crippen molar-refractivity contribution in [3.8, 4) is 102 Å². The van der Waals surface area contributed by atoms with E-state index in [1.54, 1.807) is 0 Å². The second-order valence-corrected chi connectivity index (χ2v) is 26.7. The molecule has 0 unspecified atom stereocenters. The molecule has 8 aromatic rings. The van der Waals surface area contributed by atoms with Crippen molar-refractivity contribution in [2.45, 2.75) is 195 Å². The van der Waals surface area contributed by atoms with Crippen LogP contribution >= 0.6 is 0 Å². The summed E-state index contributed by atoms with van der Waals surface area (Å²) in [5, 5.41) is 0. The molecule has 0 aromatic heterocycles. The molecule has 0 aliphatic carbocycles. The van der Waals surface area contributed by atoms with E-state index in [9.17, 15) is 0 Å². The fourth-order valence-corrected chi connectivity index (χ4v) is 12.4. The van der Waals surface area contributed by atoms with Gasteiger partial charge in [0.15, 0.2) is 23.0 Å². The number of esters is 2. The van der Waals surface area contributed by atoms with E-state index in [0.717, 1.165) is 185 Å². The Labute approximate surface area is 621 Å². The Morgan fingerprint density at radius 2 is 0.510 bits per heavy atom. The molecule has 554 valence electrons. The number of carbonyl (C=O) groups is 2. The Morgan fingerprint density at radius 3 is 0.817 bits per heavy atom. The molecular formula is C92H114O12. The lowest BCUT2D eigenvalue weighted by atomic mass is 9.94. The summed E-state index contributed by atoms with van der Waals surface area (Å²) in [5.41, 5.74) is 8.66. The largest absolute Gasteiger partial charge is 0.502 e. The molecule has 0 aliphatic rings. The summed E-state index contributed by atoms with van der Waals surface area (Å²) in [6.07, 6.45) is 30.3. The van der Waals surface area contributed by atoms with E-state index < -0.39 is 11.9 Å². The standard InChI is InChI=1S/C92H114O12/c1-7-13-17-29-61-97-79-47-35-71(36-48-79)75-43-55-83(73-39-51-81(52-40-73)99-63-31-19-15-9-3)85(67-75)91(93)103-89-69-77(45-57-87(89)101-65-33-24-22-21-23-27-59-95-11-5)78-46-58-88(102-66-34-26-25-28-60-96-12-6)90(70-78)104-92(94)86-68-76(72-37-49-80(50-38-72)98-62-30-18-14-8-2)44-56-84(86)74-41-53-82(54-42-74)100-64-32-20-16-10-4/h11-12,35-58,67-70H,5-10,13-34,59-66H2,1-4H3. The summed E-state index contributed by atoms with van der Waals surface area (Å²) in [6.45, 7) is 20.8. The summed E-state index contributed by atoms with van der Waals surface area (Å²) >= 11 is 0. The normalized spacial score (nSPS) is 11.0. The molecular weight excluding hydrogens is 1300 g/mol. The predicted molar refractivity (Wildman–Crippen MR) is 424 cm³/mol. The van der Waals surface area contributed by atoms with Crippen LogP contribution in [-0.2, 0) is 9.47 Å². The molecule has 0 saturated carbocycles. The number of benzene rings is 8. The molecule has 0 atom stereocenters. The van der Waals surface area contributed by atoms with Gasteiger partial charge in [-0.3, -0.25) is 0 Å². The lowest BCUT2D eigenvalue weighted by Crippen LogP contribution is -2.12. The topological polar surface area (TPSA) is 126 Å². The molecule has 12 heteroatoms. The van der Waals surface area contributed by atoms with Gasteiger partial charge in [-0.05, 0) is 205 Å². The molecule has 0 spiro atoms. The highest BCUT2D eigenvalue weighted by Crippen LogP contribution is 2.41. The van der Waals surface area contributed by atoms with Gasteiger partial charge >= 0.3 is 11.9 Å². The number of hydrogen-bond acceptors (Lipinski definition) is 12. The van der Waals surface area contributed by atoms with Crippen LogP contribution in [0.3, 0.4) is 0 Å². The Bertz CT molecular complexity index is 3780. The molecule has 0 heterocycles. The highest BCUT2D eigenvalue weighted by atomic mass is 16.6. The number of hydrogen-bond donors (Lipinski definition) is 0. The Kier molecular flexibility index (Phi) is 36.3. The number of carbonyl (C=O) groups excluding carboxylic acids is 2. The van der Waals surface area contributed by atoms with Crippen LogP contribution in [0.25, 0.3) is 55.6 Å². The highest BCUT2D eigenvalue weighted by Gasteiger charge is 2.24. The summed E-state index contributed by atoms with van der Waals surface area (Å²) in [7, 11) is 0. The predicted octanol–water partition coefficient (Wildman–Crippen LogP) is 25.3. The molecule has 12 nitrogen and oxygen atoms in total. The third-order valence-corrected chi connectivity index (χ3v) is 18.4. The lowest BCUT2D eigenvalue weighted by Gasteiger charge is -2.17. The molecule has 0 bridgehead atoms. The van der Waals surface area contributed by atoms with E-state index in [-0.39, 0.29) is 11.5 Å². The summed E-state index contributed by atoms with van der Waals surface area (Å²) in [4.78, 5) is 30.8. The van der Waals surface area contributed by atoms with Gasteiger partial charge in [0.05, 0.1) is 76.5 Å². The van der Waals surface area contributed by atoms with Crippen molar-refractivity contribution in [3.05, 3.63) is 207 Å². The second kappa shape index (κ2) is 47.0. The molecule has 8 rings (SSSR count). The van der Waals surface area contributed by atoms with E-state index in [0.29, 0.717) is 97.7 Å². The van der Waals surface area contributed by atoms with Crippen LogP contribution in [0.1, 0.15) is 215 Å². The highest BCUT2D eigenvalue weighted by molar-refractivity contribution is 6.01. The molecule has 0 radical (unpaired) electrons. The van der Waals surface area contributed by atoms with Crippen LogP contribution in [0.2, 0.25) is 0 Å². The average Bonchev–Trinajstić information content (AvgIpc) is 0.798. The van der Waals surface area contributed by atoms with E-state index >= 15 is 9.59 Å². The SMILES string of the molecule is C=COCCCCCCCCOc1ccc(-c2ccc(OCCCCCCOC=C)c(OC(=O)c3cc(-c4ccc(OCCCCCC)cc4)ccc3-c3ccc(OCCCCCC)cc3)c2)cc1OC(=O)c1cc(-c2ccc(OCCCCCC)cc2)ccc1-c1ccc(OCCCCCC)cc1. The van der Waals surface area contributed by atoms with Gasteiger partial charge in [-0.15, -0.1) is 0 Å². The minimum atomic E-state index is -0.570. The maximum atomic E-state index is 15.4. The zero-order valence-electron chi connectivity index (χ0n) is 62.7. The van der Waals surface area contributed by atoms with E-state index in [4.69, 9.17) is 47.4 Å². The first kappa shape index (κ1) is 80.3. The minimum Gasteiger partial charge on any atom is -0.502 e. The molecule has 0 aliphatic heterocycles. The van der Waals surface area contributed by atoms with Crippen molar-refractivity contribution in [1.29, 1.82) is 0 Å². The average molecular weight is 1410 g/mol. The number of rotatable bonds is 53. The van der Waals surface area contributed by atoms with Gasteiger partial charge in [0.1, 0.15) is 23.0 Å². The van der Waals surface area contributed by atoms with Gasteiger partial charge in [0.25, 0.3) is 0 Å². The second-order valence-electron chi connectivity index (χ2n) is 26.7. The van der Waals surface area contributed by atoms with Crippen molar-refractivity contribution < 1.29 is 57.0 Å². The van der Waals surface area contributed by atoms with Crippen LogP contribution in [0.15, 0.2) is 196 Å². The molecule has 0 fully saturated rings. The maximum Gasteiger partial charge on any atom is 0.344 e. The smallest absolute Gasteiger partial charge is 0.344 e. The number of unbranched alkanes of at least 4 members (excludes halogenated alkanes) is 20. The van der Waals surface area contributed by atoms with Gasteiger partial charge in [0, 0.05) is 0 Å². The Hall–Kier alpha value is -9.42.